The average molecular weight is 415 g/mol. The van der Waals surface area contributed by atoms with Crippen LogP contribution in [0.3, 0.4) is 0 Å². The smallest absolute Gasteiger partial charge is 0.253 e. The standard InChI is InChI=1S/C19H27ClN2O4S/c1-2-26-16-7-6-10-21(14-16)19(23)15-8-9-17(20)18(13-15)27(24,25)22-11-4-3-5-12-22/h8-9,13,16H,2-7,10-12,14H2,1H3. The van der Waals surface area contributed by atoms with Gasteiger partial charge in [0.25, 0.3) is 5.91 Å². The first-order valence-corrected chi connectivity index (χ1v) is 11.5. The molecule has 2 aliphatic rings. The molecule has 1 aromatic rings. The molecule has 150 valence electrons. The Kier molecular flexibility index (Phi) is 6.78. The van der Waals surface area contributed by atoms with Crippen LogP contribution in [-0.4, -0.2) is 62.4 Å². The van der Waals surface area contributed by atoms with E-state index in [4.69, 9.17) is 16.3 Å². The molecule has 0 saturated carbocycles. The van der Waals surface area contributed by atoms with E-state index >= 15 is 0 Å². The molecular formula is C19H27ClN2O4S. The Labute approximate surface area is 166 Å². The van der Waals surface area contributed by atoms with Gasteiger partial charge in [0.2, 0.25) is 10.0 Å². The third kappa shape index (κ3) is 4.65. The maximum Gasteiger partial charge on any atom is 0.253 e. The Morgan fingerprint density at radius 2 is 1.93 bits per heavy atom. The van der Waals surface area contributed by atoms with E-state index in [9.17, 15) is 13.2 Å². The number of ether oxygens (including phenoxy) is 1. The first-order chi connectivity index (χ1) is 12.9. The summed E-state index contributed by atoms with van der Waals surface area (Å²) < 4.78 is 33.1. The van der Waals surface area contributed by atoms with Crippen molar-refractivity contribution in [1.82, 2.24) is 9.21 Å². The number of piperidine rings is 2. The van der Waals surface area contributed by atoms with Crippen molar-refractivity contribution in [1.29, 1.82) is 0 Å². The Morgan fingerprint density at radius 1 is 1.19 bits per heavy atom. The molecular weight excluding hydrogens is 388 g/mol. The first kappa shape index (κ1) is 20.6. The van der Waals surface area contributed by atoms with Crippen LogP contribution in [-0.2, 0) is 14.8 Å². The molecule has 2 saturated heterocycles. The van der Waals surface area contributed by atoms with Crippen LogP contribution in [0.4, 0.5) is 0 Å². The van der Waals surface area contributed by atoms with Gasteiger partial charge in [-0.2, -0.15) is 4.31 Å². The van der Waals surface area contributed by atoms with E-state index < -0.39 is 10.0 Å². The summed E-state index contributed by atoms with van der Waals surface area (Å²) in [5, 5.41) is 0.156. The average Bonchev–Trinajstić information content (AvgIpc) is 2.69. The Morgan fingerprint density at radius 3 is 2.63 bits per heavy atom. The number of likely N-dealkylation sites (tertiary alicyclic amines) is 1. The van der Waals surface area contributed by atoms with Crippen molar-refractivity contribution < 1.29 is 17.9 Å². The minimum Gasteiger partial charge on any atom is -0.377 e. The Bertz CT molecular complexity index is 776. The number of carbonyl (C=O) groups is 1. The number of rotatable bonds is 5. The van der Waals surface area contributed by atoms with Crippen LogP contribution >= 0.6 is 11.6 Å². The van der Waals surface area contributed by atoms with Crippen molar-refractivity contribution in [2.75, 3.05) is 32.8 Å². The van der Waals surface area contributed by atoms with Crippen LogP contribution in [0.2, 0.25) is 5.02 Å². The number of carbonyl (C=O) groups excluding carboxylic acids is 1. The molecule has 0 radical (unpaired) electrons. The van der Waals surface area contributed by atoms with E-state index in [0.29, 0.717) is 38.3 Å². The minimum absolute atomic E-state index is 0.0234. The quantitative estimate of drug-likeness (QED) is 0.742. The Balaban J connectivity index is 1.83. The van der Waals surface area contributed by atoms with Gasteiger partial charge < -0.3 is 9.64 Å². The molecule has 0 spiro atoms. The van der Waals surface area contributed by atoms with Crippen molar-refractivity contribution >= 4 is 27.5 Å². The van der Waals surface area contributed by atoms with Crippen LogP contribution < -0.4 is 0 Å². The second kappa shape index (κ2) is 8.90. The zero-order valence-electron chi connectivity index (χ0n) is 15.7. The minimum atomic E-state index is -3.69. The normalized spacial score (nSPS) is 22.0. The molecule has 0 N–H and O–H groups in total. The fourth-order valence-electron chi connectivity index (χ4n) is 3.76. The molecule has 0 aliphatic carbocycles. The third-order valence-corrected chi connectivity index (χ3v) is 7.56. The zero-order chi connectivity index (χ0) is 19.4. The van der Waals surface area contributed by atoms with E-state index in [0.717, 1.165) is 32.1 Å². The van der Waals surface area contributed by atoms with Crippen molar-refractivity contribution in [3.63, 3.8) is 0 Å². The molecule has 1 unspecified atom stereocenters. The van der Waals surface area contributed by atoms with Gasteiger partial charge in [-0.3, -0.25) is 4.79 Å². The van der Waals surface area contributed by atoms with Crippen LogP contribution in [0.1, 0.15) is 49.4 Å². The summed E-state index contributed by atoms with van der Waals surface area (Å²) in [6.07, 6.45) is 4.59. The second-order valence-corrected chi connectivity index (χ2v) is 9.39. The number of halogens is 1. The lowest BCUT2D eigenvalue weighted by Gasteiger charge is -2.32. The summed E-state index contributed by atoms with van der Waals surface area (Å²) in [5.74, 6) is -0.175. The van der Waals surface area contributed by atoms with Crippen molar-refractivity contribution in [3.8, 4) is 0 Å². The van der Waals surface area contributed by atoms with Crippen LogP contribution in [0.15, 0.2) is 23.1 Å². The van der Waals surface area contributed by atoms with Crippen LogP contribution in [0.5, 0.6) is 0 Å². The predicted molar refractivity (Wildman–Crippen MR) is 105 cm³/mol. The largest absolute Gasteiger partial charge is 0.377 e. The molecule has 1 aromatic carbocycles. The highest BCUT2D eigenvalue weighted by Crippen LogP contribution is 2.28. The van der Waals surface area contributed by atoms with E-state index in [1.807, 2.05) is 6.92 Å². The van der Waals surface area contributed by atoms with Gasteiger partial charge >= 0.3 is 0 Å². The lowest BCUT2D eigenvalue weighted by molar-refractivity contribution is 0.00723. The summed E-state index contributed by atoms with van der Waals surface area (Å²) in [4.78, 5) is 14.7. The summed E-state index contributed by atoms with van der Waals surface area (Å²) in [6.45, 7) is 4.74. The lowest BCUT2D eigenvalue weighted by atomic mass is 10.1. The highest BCUT2D eigenvalue weighted by Gasteiger charge is 2.30. The number of hydrogen-bond donors (Lipinski definition) is 0. The Hall–Kier alpha value is -1.15. The molecule has 1 atom stereocenters. The molecule has 2 aliphatic heterocycles. The molecule has 1 amide bonds. The van der Waals surface area contributed by atoms with Crippen molar-refractivity contribution in [2.45, 2.75) is 50.0 Å². The van der Waals surface area contributed by atoms with Gasteiger partial charge in [0, 0.05) is 38.3 Å². The number of benzene rings is 1. The summed E-state index contributed by atoms with van der Waals surface area (Å²) in [5.41, 5.74) is 0.354. The molecule has 8 heteroatoms. The number of sulfonamides is 1. The predicted octanol–water partition coefficient (Wildman–Crippen LogP) is 3.16. The lowest BCUT2D eigenvalue weighted by Crippen LogP contribution is -2.43. The maximum atomic E-state index is 13.0. The van der Waals surface area contributed by atoms with Crippen molar-refractivity contribution in [2.24, 2.45) is 0 Å². The maximum absolute atomic E-state index is 13.0. The zero-order valence-corrected chi connectivity index (χ0v) is 17.3. The fourth-order valence-corrected chi connectivity index (χ4v) is 5.77. The van der Waals surface area contributed by atoms with Crippen LogP contribution in [0, 0.1) is 0 Å². The van der Waals surface area contributed by atoms with Gasteiger partial charge in [0.1, 0.15) is 4.90 Å². The van der Waals surface area contributed by atoms with Crippen LogP contribution in [0.25, 0.3) is 0 Å². The summed E-state index contributed by atoms with van der Waals surface area (Å²) in [6, 6.07) is 4.54. The molecule has 3 rings (SSSR count). The monoisotopic (exact) mass is 414 g/mol. The van der Waals surface area contributed by atoms with E-state index in [-0.39, 0.29) is 21.9 Å². The topological polar surface area (TPSA) is 66.9 Å². The summed E-state index contributed by atoms with van der Waals surface area (Å²) >= 11 is 6.20. The number of hydrogen-bond acceptors (Lipinski definition) is 4. The van der Waals surface area contributed by atoms with Gasteiger partial charge in [-0.1, -0.05) is 18.0 Å². The van der Waals surface area contributed by atoms with Gasteiger partial charge in [0.15, 0.2) is 0 Å². The molecule has 0 bridgehead atoms. The molecule has 6 nitrogen and oxygen atoms in total. The molecule has 27 heavy (non-hydrogen) atoms. The molecule has 0 aromatic heterocycles. The highest BCUT2D eigenvalue weighted by molar-refractivity contribution is 7.89. The number of amides is 1. The molecule has 2 fully saturated rings. The van der Waals surface area contributed by atoms with E-state index in [1.54, 1.807) is 11.0 Å². The van der Waals surface area contributed by atoms with Gasteiger partial charge in [-0.15, -0.1) is 0 Å². The number of nitrogens with zero attached hydrogens (tertiary/aromatic N) is 2. The SMILES string of the molecule is CCOC1CCCN(C(=O)c2ccc(Cl)c(S(=O)(=O)N3CCCCC3)c2)C1. The highest BCUT2D eigenvalue weighted by atomic mass is 35.5. The second-order valence-electron chi connectivity index (χ2n) is 7.08. The third-order valence-electron chi connectivity index (χ3n) is 5.18. The van der Waals surface area contributed by atoms with Gasteiger partial charge in [0.05, 0.1) is 11.1 Å². The van der Waals surface area contributed by atoms with Gasteiger partial charge in [-0.25, -0.2) is 8.42 Å². The molecule has 2 heterocycles. The van der Waals surface area contributed by atoms with Gasteiger partial charge in [-0.05, 0) is 50.8 Å². The summed E-state index contributed by atoms with van der Waals surface area (Å²) in [7, 11) is -3.69. The first-order valence-electron chi connectivity index (χ1n) is 9.64. The van der Waals surface area contributed by atoms with E-state index in [2.05, 4.69) is 0 Å². The van der Waals surface area contributed by atoms with E-state index in [1.165, 1.54) is 16.4 Å². The van der Waals surface area contributed by atoms with Crippen molar-refractivity contribution in [3.05, 3.63) is 28.8 Å². The fraction of sp³-hybridized carbons (Fsp3) is 0.632.